The van der Waals surface area contributed by atoms with Gasteiger partial charge in [-0.25, -0.2) is 0 Å². The molecule has 0 aromatic carbocycles. The van der Waals surface area contributed by atoms with Crippen LogP contribution in [0.15, 0.2) is 10.5 Å². The van der Waals surface area contributed by atoms with Gasteiger partial charge in [-0.1, -0.05) is 13.8 Å². The molecule has 0 aliphatic carbocycles. The fourth-order valence-electron chi connectivity index (χ4n) is 2.47. The van der Waals surface area contributed by atoms with E-state index in [4.69, 9.17) is 10.2 Å². The van der Waals surface area contributed by atoms with E-state index in [-0.39, 0.29) is 0 Å². The summed E-state index contributed by atoms with van der Waals surface area (Å²) in [6.45, 7) is 10.5. The smallest absolute Gasteiger partial charge is 0.118 e. The fourth-order valence-corrected chi connectivity index (χ4v) is 2.47. The molecule has 2 heterocycles. The Morgan fingerprint density at radius 2 is 2.00 bits per heavy atom. The molecule has 0 bridgehead atoms. The quantitative estimate of drug-likeness (QED) is 0.852. The molecule has 16 heavy (non-hydrogen) atoms. The van der Waals surface area contributed by atoms with Crippen molar-refractivity contribution in [3.63, 3.8) is 0 Å². The zero-order chi connectivity index (χ0) is 11.7. The maximum absolute atomic E-state index is 5.72. The molecular weight excluding hydrogens is 200 g/mol. The average molecular weight is 222 g/mol. The summed E-state index contributed by atoms with van der Waals surface area (Å²) in [4.78, 5) is 2.47. The number of likely N-dealkylation sites (tertiary alicyclic amines) is 1. The molecule has 90 valence electrons. The van der Waals surface area contributed by atoms with Gasteiger partial charge in [-0.3, -0.25) is 4.90 Å². The normalized spacial score (nSPS) is 26.5. The molecule has 1 aromatic rings. The van der Waals surface area contributed by atoms with E-state index < -0.39 is 0 Å². The maximum atomic E-state index is 5.72. The van der Waals surface area contributed by atoms with Crippen molar-refractivity contribution in [2.75, 3.05) is 13.1 Å². The summed E-state index contributed by atoms with van der Waals surface area (Å²) in [5, 5.41) is 0. The van der Waals surface area contributed by atoms with Gasteiger partial charge in [-0.15, -0.1) is 0 Å². The fraction of sp³-hybridized carbons (Fsp3) is 0.692. The van der Waals surface area contributed by atoms with Gasteiger partial charge in [0.2, 0.25) is 0 Å². The van der Waals surface area contributed by atoms with E-state index in [2.05, 4.69) is 24.8 Å². The summed E-state index contributed by atoms with van der Waals surface area (Å²) in [5.41, 5.74) is 6.78. The van der Waals surface area contributed by atoms with Crippen LogP contribution in [0.5, 0.6) is 0 Å². The molecule has 1 saturated heterocycles. The van der Waals surface area contributed by atoms with Crippen LogP contribution < -0.4 is 5.73 Å². The lowest BCUT2D eigenvalue weighted by molar-refractivity contribution is 0.283. The van der Waals surface area contributed by atoms with E-state index >= 15 is 0 Å². The molecule has 0 amide bonds. The third-order valence-corrected chi connectivity index (χ3v) is 3.73. The summed E-state index contributed by atoms with van der Waals surface area (Å²) < 4.78 is 5.72. The van der Waals surface area contributed by atoms with Gasteiger partial charge >= 0.3 is 0 Å². The van der Waals surface area contributed by atoms with Crippen LogP contribution in [0, 0.1) is 18.8 Å². The van der Waals surface area contributed by atoms with Crippen molar-refractivity contribution in [2.45, 2.75) is 33.9 Å². The van der Waals surface area contributed by atoms with Crippen molar-refractivity contribution in [1.29, 1.82) is 0 Å². The molecule has 2 rings (SSSR count). The largest absolute Gasteiger partial charge is 0.465 e. The first-order valence-electron chi connectivity index (χ1n) is 6.10. The highest BCUT2D eigenvalue weighted by atomic mass is 16.3. The van der Waals surface area contributed by atoms with E-state index in [0.29, 0.717) is 6.54 Å². The first-order chi connectivity index (χ1) is 7.60. The maximum Gasteiger partial charge on any atom is 0.118 e. The van der Waals surface area contributed by atoms with E-state index in [1.54, 1.807) is 0 Å². The predicted molar refractivity (Wildman–Crippen MR) is 64.9 cm³/mol. The molecule has 2 unspecified atom stereocenters. The van der Waals surface area contributed by atoms with Crippen LogP contribution in [0.2, 0.25) is 0 Å². The molecule has 2 atom stereocenters. The first kappa shape index (κ1) is 11.7. The topological polar surface area (TPSA) is 42.4 Å². The van der Waals surface area contributed by atoms with Gasteiger partial charge in [-0.2, -0.15) is 0 Å². The molecule has 0 saturated carbocycles. The molecule has 1 aliphatic heterocycles. The van der Waals surface area contributed by atoms with Crippen molar-refractivity contribution >= 4 is 0 Å². The lowest BCUT2D eigenvalue weighted by atomic mass is 10.0. The van der Waals surface area contributed by atoms with Crippen LogP contribution >= 0.6 is 0 Å². The van der Waals surface area contributed by atoms with Gasteiger partial charge < -0.3 is 10.2 Å². The molecule has 0 radical (unpaired) electrons. The van der Waals surface area contributed by atoms with Crippen LogP contribution in [0.3, 0.4) is 0 Å². The third-order valence-electron chi connectivity index (χ3n) is 3.73. The Morgan fingerprint density at radius 1 is 1.38 bits per heavy atom. The molecule has 1 aliphatic rings. The molecule has 3 heteroatoms. The number of rotatable bonds is 3. The number of aryl methyl sites for hydroxylation is 1. The highest BCUT2D eigenvalue weighted by Gasteiger charge is 2.26. The Morgan fingerprint density at radius 3 is 2.50 bits per heavy atom. The number of nitrogens with zero attached hydrogens (tertiary/aromatic N) is 1. The molecule has 3 nitrogen and oxygen atoms in total. The standard InChI is InChI=1S/C13H22N2O/c1-9-6-15(7-10(9)2)8-13-4-12(5-14)11(3)16-13/h4,9-10H,5-8,14H2,1-3H3. The van der Waals surface area contributed by atoms with Gasteiger partial charge in [0, 0.05) is 25.2 Å². The Hall–Kier alpha value is -0.800. The van der Waals surface area contributed by atoms with Crippen molar-refractivity contribution in [2.24, 2.45) is 17.6 Å². The summed E-state index contributed by atoms with van der Waals surface area (Å²) in [6, 6.07) is 2.10. The number of furan rings is 1. The Bertz CT molecular complexity index is 349. The average Bonchev–Trinajstić information content (AvgIpc) is 2.72. The lowest BCUT2D eigenvalue weighted by Crippen LogP contribution is -2.19. The van der Waals surface area contributed by atoms with Crippen LogP contribution in [-0.2, 0) is 13.1 Å². The van der Waals surface area contributed by atoms with Gasteiger partial charge in [-0.05, 0) is 24.8 Å². The van der Waals surface area contributed by atoms with E-state index in [9.17, 15) is 0 Å². The molecule has 1 fully saturated rings. The number of hydrogen-bond donors (Lipinski definition) is 1. The van der Waals surface area contributed by atoms with Gasteiger partial charge in [0.15, 0.2) is 0 Å². The van der Waals surface area contributed by atoms with Crippen LogP contribution in [0.25, 0.3) is 0 Å². The second-order valence-corrected chi connectivity index (χ2v) is 5.15. The zero-order valence-electron chi connectivity index (χ0n) is 10.5. The van der Waals surface area contributed by atoms with Crippen molar-refractivity contribution < 1.29 is 4.42 Å². The molecule has 1 aromatic heterocycles. The monoisotopic (exact) mass is 222 g/mol. The van der Waals surface area contributed by atoms with E-state index in [1.807, 2.05) is 6.92 Å². The van der Waals surface area contributed by atoms with E-state index in [1.165, 1.54) is 13.1 Å². The van der Waals surface area contributed by atoms with Crippen LogP contribution in [0.1, 0.15) is 30.9 Å². The third kappa shape index (κ3) is 2.30. The highest BCUT2D eigenvalue weighted by molar-refractivity contribution is 5.20. The van der Waals surface area contributed by atoms with Crippen molar-refractivity contribution in [3.05, 3.63) is 23.2 Å². The van der Waals surface area contributed by atoms with Gasteiger partial charge in [0.05, 0.1) is 6.54 Å². The second kappa shape index (κ2) is 4.60. The Balaban J connectivity index is 1.99. The molecule has 2 N–H and O–H groups in total. The van der Waals surface area contributed by atoms with E-state index in [0.717, 1.165) is 35.5 Å². The zero-order valence-corrected chi connectivity index (χ0v) is 10.5. The molecular formula is C13H22N2O. The molecule has 0 spiro atoms. The lowest BCUT2D eigenvalue weighted by Gasteiger charge is -2.12. The summed E-state index contributed by atoms with van der Waals surface area (Å²) >= 11 is 0. The SMILES string of the molecule is Cc1oc(CN2CC(C)C(C)C2)cc1CN. The van der Waals surface area contributed by atoms with Crippen molar-refractivity contribution in [1.82, 2.24) is 4.90 Å². The number of hydrogen-bond acceptors (Lipinski definition) is 3. The summed E-state index contributed by atoms with van der Waals surface area (Å²) in [5.74, 6) is 3.62. The first-order valence-corrected chi connectivity index (χ1v) is 6.10. The minimum absolute atomic E-state index is 0.572. The Labute approximate surface area is 97.6 Å². The second-order valence-electron chi connectivity index (χ2n) is 5.15. The minimum Gasteiger partial charge on any atom is -0.465 e. The summed E-state index contributed by atoms with van der Waals surface area (Å²) in [6.07, 6.45) is 0. The highest BCUT2D eigenvalue weighted by Crippen LogP contribution is 2.24. The van der Waals surface area contributed by atoms with Gasteiger partial charge in [0.25, 0.3) is 0 Å². The van der Waals surface area contributed by atoms with Gasteiger partial charge in [0.1, 0.15) is 11.5 Å². The minimum atomic E-state index is 0.572. The summed E-state index contributed by atoms with van der Waals surface area (Å²) in [7, 11) is 0. The van der Waals surface area contributed by atoms with Crippen LogP contribution in [-0.4, -0.2) is 18.0 Å². The Kier molecular flexibility index (Phi) is 3.36. The van der Waals surface area contributed by atoms with Crippen LogP contribution in [0.4, 0.5) is 0 Å². The number of nitrogens with two attached hydrogens (primary N) is 1. The predicted octanol–water partition coefficient (Wildman–Crippen LogP) is 2.13. The van der Waals surface area contributed by atoms with Crippen molar-refractivity contribution in [3.8, 4) is 0 Å².